The molecule has 0 aromatic rings. The van der Waals surface area contributed by atoms with Crippen molar-refractivity contribution in [3.05, 3.63) is 0 Å². The molecule has 12 heavy (non-hydrogen) atoms. The molecule has 0 aliphatic rings. The Morgan fingerprint density at radius 3 is 2.42 bits per heavy atom. The van der Waals surface area contributed by atoms with Gasteiger partial charge in [0.2, 0.25) is 0 Å². The van der Waals surface area contributed by atoms with Gasteiger partial charge in [0.25, 0.3) is 0 Å². The summed E-state index contributed by atoms with van der Waals surface area (Å²) in [5.74, 6) is 0. The molecule has 2 nitrogen and oxygen atoms in total. The third-order valence-electron chi connectivity index (χ3n) is 2.11. The van der Waals surface area contributed by atoms with Crippen molar-refractivity contribution in [3.8, 4) is 0 Å². The molecular formula is C10H24N2. The van der Waals surface area contributed by atoms with E-state index < -0.39 is 0 Å². The van der Waals surface area contributed by atoms with Crippen LogP contribution in [0.15, 0.2) is 0 Å². The lowest BCUT2D eigenvalue weighted by Crippen LogP contribution is -2.33. The standard InChI is InChI=1S/C10H24N2/c1-4-6-7-11-8-9-12-10(3)5-2/h10-12H,4-9H2,1-3H3. The molecule has 0 aliphatic heterocycles. The quantitative estimate of drug-likeness (QED) is 0.545. The maximum absolute atomic E-state index is 3.45. The largest absolute Gasteiger partial charge is 0.315 e. The summed E-state index contributed by atoms with van der Waals surface area (Å²) in [5.41, 5.74) is 0. The molecule has 2 heteroatoms. The van der Waals surface area contributed by atoms with Crippen LogP contribution in [0.4, 0.5) is 0 Å². The van der Waals surface area contributed by atoms with Crippen molar-refractivity contribution in [2.75, 3.05) is 19.6 Å². The Morgan fingerprint density at radius 2 is 1.83 bits per heavy atom. The highest BCUT2D eigenvalue weighted by molar-refractivity contribution is 4.58. The minimum Gasteiger partial charge on any atom is -0.315 e. The Balaban J connectivity index is 2.90. The van der Waals surface area contributed by atoms with Gasteiger partial charge < -0.3 is 10.6 Å². The molecular weight excluding hydrogens is 148 g/mol. The van der Waals surface area contributed by atoms with Crippen LogP contribution in [0.1, 0.15) is 40.0 Å². The number of hydrogen-bond acceptors (Lipinski definition) is 2. The monoisotopic (exact) mass is 172 g/mol. The maximum Gasteiger partial charge on any atom is 0.00792 e. The average molecular weight is 172 g/mol. The Hall–Kier alpha value is -0.0800. The molecule has 0 spiro atoms. The van der Waals surface area contributed by atoms with Crippen molar-refractivity contribution >= 4 is 0 Å². The van der Waals surface area contributed by atoms with E-state index in [0.29, 0.717) is 6.04 Å². The van der Waals surface area contributed by atoms with Crippen LogP contribution in [0.25, 0.3) is 0 Å². The third kappa shape index (κ3) is 8.02. The molecule has 0 aromatic heterocycles. The first-order chi connectivity index (χ1) is 5.81. The van der Waals surface area contributed by atoms with E-state index in [0.717, 1.165) is 13.1 Å². The van der Waals surface area contributed by atoms with Gasteiger partial charge in [0.1, 0.15) is 0 Å². The molecule has 1 atom stereocenters. The van der Waals surface area contributed by atoms with Gasteiger partial charge in [-0.05, 0) is 26.3 Å². The van der Waals surface area contributed by atoms with Crippen molar-refractivity contribution in [3.63, 3.8) is 0 Å². The summed E-state index contributed by atoms with van der Waals surface area (Å²) in [6, 6.07) is 0.665. The lowest BCUT2D eigenvalue weighted by molar-refractivity contribution is 0.514. The van der Waals surface area contributed by atoms with Crippen molar-refractivity contribution in [2.45, 2.75) is 46.1 Å². The first-order valence-corrected chi connectivity index (χ1v) is 5.25. The maximum atomic E-state index is 3.45. The highest BCUT2D eigenvalue weighted by atomic mass is 15.0. The van der Waals surface area contributed by atoms with Crippen LogP contribution in [-0.4, -0.2) is 25.7 Å². The third-order valence-corrected chi connectivity index (χ3v) is 2.11. The van der Waals surface area contributed by atoms with Gasteiger partial charge in [-0.15, -0.1) is 0 Å². The average Bonchev–Trinajstić information content (AvgIpc) is 2.10. The zero-order chi connectivity index (χ0) is 9.23. The van der Waals surface area contributed by atoms with E-state index in [9.17, 15) is 0 Å². The molecule has 0 bridgehead atoms. The van der Waals surface area contributed by atoms with Gasteiger partial charge >= 0.3 is 0 Å². The number of hydrogen-bond donors (Lipinski definition) is 2. The minimum atomic E-state index is 0.665. The van der Waals surface area contributed by atoms with Crippen LogP contribution < -0.4 is 10.6 Å². The molecule has 0 rings (SSSR count). The molecule has 0 fully saturated rings. The number of unbranched alkanes of at least 4 members (excludes halogenated alkanes) is 1. The number of rotatable bonds is 8. The summed E-state index contributed by atoms with van der Waals surface area (Å²) >= 11 is 0. The van der Waals surface area contributed by atoms with Crippen LogP contribution in [-0.2, 0) is 0 Å². The Labute approximate surface area is 77.1 Å². The topological polar surface area (TPSA) is 24.1 Å². The smallest absolute Gasteiger partial charge is 0.00792 e. The van der Waals surface area contributed by atoms with Gasteiger partial charge in [0, 0.05) is 19.1 Å². The fourth-order valence-corrected chi connectivity index (χ4v) is 0.978. The summed E-state index contributed by atoms with van der Waals surface area (Å²) in [4.78, 5) is 0. The molecule has 0 saturated carbocycles. The lowest BCUT2D eigenvalue weighted by Gasteiger charge is -2.11. The molecule has 1 unspecified atom stereocenters. The van der Waals surface area contributed by atoms with Crippen molar-refractivity contribution in [1.29, 1.82) is 0 Å². The predicted molar refractivity (Wildman–Crippen MR) is 55.5 cm³/mol. The van der Waals surface area contributed by atoms with E-state index in [1.54, 1.807) is 0 Å². The highest BCUT2D eigenvalue weighted by Crippen LogP contribution is 1.85. The minimum absolute atomic E-state index is 0.665. The fraction of sp³-hybridized carbons (Fsp3) is 1.00. The van der Waals surface area contributed by atoms with E-state index in [1.807, 2.05) is 0 Å². The van der Waals surface area contributed by atoms with Crippen LogP contribution in [0.3, 0.4) is 0 Å². The van der Waals surface area contributed by atoms with E-state index in [2.05, 4.69) is 31.4 Å². The zero-order valence-electron chi connectivity index (χ0n) is 8.82. The van der Waals surface area contributed by atoms with E-state index in [1.165, 1.54) is 25.8 Å². The van der Waals surface area contributed by atoms with Crippen molar-refractivity contribution < 1.29 is 0 Å². The second-order valence-electron chi connectivity index (χ2n) is 3.37. The molecule has 0 aliphatic carbocycles. The van der Waals surface area contributed by atoms with E-state index in [-0.39, 0.29) is 0 Å². The van der Waals surface area contributed by atoms with Crippen LogP contribution in [0, 0.1) is 0 Å². The van der Waals surface area contributed by atoms with Gasteiger partial charge in [0.05, 0.1) is 0 Å². The van der Waals surface area contributed by atoms with E-state index in [4.69, 9.17) is 0 Å². The van der Waals surface area contributed by atoms with Gasteiger partial charge in [0.15, 0.2) is 0 Å². The molecule has 0 amide bonds. The normalized spacial score (nSPS) is 13.2. The molecule has 0 saturated heterocycles. The number of nitrogens with one attached hydrogen (secondary N) is 2. The summed E-state index contributed by atoms with van der Waals surface area (Å²) in [7, 11) is 0. The van der Waals surface area contributed by atoms with Crippen LogP contribution in [0.2, 0.25) is 0 Å². The SMILES string of the molecule is CCCCNCCNC(C)CC. The summed E-state index contributed by atoms with van der Waals surface area (Å²) in [6.07, 6.45) is 3.80. The highest BCUT2D eigenvalue weighted by Gasteiger charge is 1.94. The first-order valence-electron chi connectivity index (χ1n) is 5.25. The second kappa shape index (κ2) is 9.01. The zero-order valence-corrected chi connectivity index (χ0v) is 8.82. The molecule has 0 aromatic carbocycles. The second-order valence-corrected chi connectivity index (χ2v) is 3.37. The summed E-state index contributed by atoms with van der Waals surface area (Å²) in [5, 5.41) is 6.85. The first kappa shape index (κ1) is 11.9. The Bertz CT molecular complexity index is 83.9. The van der Waals surface area contributed by atoms with Crippen LogP contribution in [0.5, 0.6) is 0 Å². The summed E-state index contributed by atoms with van der Waals surface area (Å²) in [6.45, 7) is 10.0. The Morgan fingerprint density at radius 1 is 1.08 bits per heavy atom. The molecule has 0 radical (unpaired) electrons. The van der Waals surface area contributed by atoms with Gasteiger partial charge in [-0.1, -0.05) is 20.3 Å². The van der Waals surface area contributed by atoms with Crippen molar-refractivity contribution in [2.24, 2.45) is 0 Å². The molecule has 0 heterocycles. The predicted octanol–water partition coefficient (Wildman–Crippen LogP) is 1.76. The summed E-state index contributed by atoms with van der Waals surface area (Å²) < 4.78 is 0. The van der Waals surface area contributed by atoms with Gasteiger partial charge in [-0.25, -0.2) is 0 Å². The lowest BCUT2D eigenvalue weighted by atomic mass is 10.2. The van der Waals surface area contributed by atoms with Gasteiger partial charge in [-0.2, -0.15) is 0 Å². The Kier molecular flexibility index (Phi) is 8.95. The van der Waals surface area contributed by atoms with Gasteiger partial charge in [-0.3, -0.25) is 0 Å². The molecule has 2 N–H and O–H groups in total. The van der Waals surface area contributed by atoms with E-state index >= 15 is 0 Å². The van der Waals surface area contributed by atoms with Crippen LogP contribution >= 0.6 is 0 Å². The van der Waals surface area contributed by atoms with Crippen molar-refractivity contribution in [1.82, 2.24) is 10.6 Å². The fourth-order valence-electron chi connectivity index (χ4n) is 0.978. The molecule has 74 valence electrons.